The summed E-state index contributed by atoms with van der Waals surface area (Å²) < 4.78 is 0. The Morgan fingerprint density at radius 3 is 2.33 bits per heavy atom. The van der Waals surface area contributed by atoms with Crippen molar-refractivity contribution in [1.82, 2.24) is 10.2 Å². The summed E-state index contributed by atoms with van der Waals surface area (Å²) in [6.07, 6.45) is 1.27. The maximum absolute atomic E-state index is 3.20. The molecule has 0 aliphatic rings. The van der Waals surface area contributed by atoms with Crippen LogP contribution in [0.2, 0.25) is 0 Å². The number of hydrogen-bond acceptors (Lipinski definition) is 2. The van der Waals surface area contributed by atoms with E-state index in [2.05, 4.69) is 38.0 Å². The second kappa shape index (κ2) is 6.44. The lowest BCUT2D eigenvalue weighted by Crippen LogP contribution is -2.38. The lowest BCUT2D eigenvalue weighted by molar-refractivity contribution is 0.219. The number of nitrogens with one attached hydrogen (secondary N) is 1. The highest BCUT2D eigenvalue weighted by molar-refractivity contribution is 4.66. The fourth-order valence-electron chi connectivity index (χ4n) is 1.25. The molecule has 0 aromatic heterocycles. The molecular formula is C10H24N2. The van der Waals surface area contributed by atoms with Gasteiger partial charge in [-0.15, -0.1) is 0 Å². The normalized spacial score (nSPS) is 16.5. The molecule has 2 nitrogen and oxygen atoms in total. The highest BCUT2D eigenvalue weighted by atomic mass is 15.1. The zero-order chi connectivity index (χ0) is 9.56. The van der Waals surface area contributed by atoms with Gasteiger partial charge in [0.1, 0.15) is 0 Å². The van der Waals surface area contributed by atoms with Crippen LogP contribution in [0.5, 0.6) is 0 Å². The highest BCUT2D eigenvalue weighted by Crippen LogP contribution is 2.04. The Hall–Kier alpha value is -0.0800. The number of hydrogen-bond donors (Lipinski definition) is 1. The van der Waals surface area contributed by atoms with Crippen LogP contribution in [0.1, 0.15) is 27.2 Å². The summed E-state index contributed by atoms with van der Waals surface area (Å²) in [7, 11) is 4.21. The van der Waals surface area contributed by atoms with E-state index in [4.69, 9.17) is 0 Å². The quantitative estimate of drug-likeness (QED) is 0.654. The van der Waals surface area contributed by atoms with Crippen molar-refractivity contribution in [2.75, 3.05) is 27.2 Å². The molecule has 0 aromatic rings. The van der Waals surface area contributed by atoms with Crippen LogP contribution in [0.4, 0.5) is 0 Å². The van der Waals surface area contributed by atoms with E-state index in [1.807, 2.05) is 7.05 Å². The summed E-state index contributed by atoms with van der Waals surface area (Å²) in [5, 5.41) is 3.20. The van der Waals surface area contributed by atoms with E-state index >= 15 is 0 Å². The average molecular weight is 172 g/mol. The van der Waals surface area contributed by atoms with Crippen LogP contribution in [0.25, 0.3) is 0 Å². The Bertz CT molecular complexity index is 104. The van der Waals surface area contributed by atoms with Crippen LogP contribution >= 0.6 is 0 Å². The predicted molar refractivity (Wildman–Crippen MR) is 55.5 cm³/mol. The van der Waals surface area contributed by atoms with Crippen LogP contribution in [0.15, 0.2) is 0 Å². The number of nitrogens with zero attached hydrogens (tertiary/aromatic N) is 1. The van der Waals surface area contributed by atoms with Crippen molar-refractivity contribution in [2.45, 2.75) is 33.2 Å². The van der Waals surface area contributed by atoms with E-state index in [0.29, 0.717) is 6.04 Å². The summed E-state index contributed by atoms with van der Waals surface area (Å²) in [4.78, 5) is 2.42. The average Bonchev–Trinajstić information content (AvgIpc) is 2.04. The van der Waals surface area contributed by atoms with E-state index in [9.17, 15) is 0 Å². The van der Waals surface area contributed by atoms with Crippen molar-refractivity contribution in [2.24, 2.45) is 5.92 Å². The summed E-state index contributed by atoms with van der Waals surface area (Å²) >= 11 is 0. The molecule has 0 saturated heterocycles. The van der Waals surface area contributed by atoms with E-state index in [-0.39, 0.29) is 0 Å². The van der Waals surface area contributed by atoms with Gasteiger partial charge in [-0.2, -0.15) is 0 Å². The Kier molecular flexibility index (Phi) is 6.39. The highest BCUT2D eigenvalue weighted by Gasteiger charge is 2.10. The molecule has 0 aliphatic carbocycles. The fourth-order valence-corrected chi connectivity index (χ4v) is 1.25. The number of likely N-dealkylation sites (N-methyl/N-ethyl adjacent to an activating group) is 2. The molecule has 2 heteroatoms. The molecule has 2 unspecified atom stereocenters. The largest absolute Gasteiger partial charge is 0.318 e. The van der Waals surface area contributed by atoms with Crippen LogP contribution in [-0.2, 0) is 0 Å². The topological polar surface area (TPSA) is 15.3 Å². The smallest absolute Gasteiger partial charge is 0.0189 e. The van der Waals surface area contributed by atoms with Gasteiger partial charge in [0.2, 0.25) is 0 Å². The van der Waals surface area contributed by atoms with Crippen LogP contribution in [0.3, 0.4) is 0 Å². The summed E-state index contributed by atoms with van der Waals surface area (Å²) in [6.45, 7) is 9.11. The molecule has 2 atom stereocenters. The molecule has 0 amide bonds. The van der Waals surface area contributed by atoms with E-state index in [0.717, 1.165) is 12.5 Å². The second-order valence-electron chi connectivity index (χ2n) is 3.86. The minimum absolute atomic E-state index is 0.643. The first-order valence-corrected chi connectivity index (χ1v) is 4.96. The molecule has 0 heterocycles. The lowest BCUT2D eigenvalue weighted by Gasteiger charge is -2.26. The Balaban J connectivity index is 3.62. The molecule has 74 valence electrons. The Morgan fingerprint density at radius 2 is 1.92 bits per heavy atom. The molecule has 0 rings (SSSR count). The van der Waals surface area contributed by atoms with Crippen molar-refractivity contribution in [1.29, 1.82) is 0 Å². The molecule has 0 bridgehead atoms. The van der Waals surface area contributed by atoms with Crippen LogP contribution < -0.4 is 5.32 Å². The minimum Gasteiger partial charge on any atom is -0.318 e. The molecule has 0 saturated carbocycles. The van der Waals surface area contributed by atoms with Crippen molar-refractivity contribution < 1.29 is 0 Å². The fraction of sp³-hybridized carbons (Fsp3) is 1.00. The van der Waals surface area contributed by atoms with Crippen molar-refractivity contribution in [3.63, 3.8) is 0 Å². The summed E-state index contributed by atoms with van der Waals surface area (Å²) in [5.74, 6) is 0.814. The first-order valence-electron chi connectivity index (χ1n) is 4.96. The second-order valence-corrected chi connectivity index (χ2v) is 3.86. The van der Waals surface area contributed by atoms with Gasteiger partial charge in [-0.05, 0) is 26.9 Å². The van der Waals surface area contributed by atoms with Crippen molar-refractivity contribution in [3.05, 3.63) is 0 Å². The van der Waals surface area contributed by atoms with Gasteiger partial charge in [0, 0.05) is 19.1 Å². The summed E-state index contributed by atoms with van der Waals surface area (Å²) in [5.41, 5.74) is 0. The molecule has 1 N–H and O–H groups in total. The molecule has 0 aliphatic heterocycles. The van der Waals surface area contributed by atoms with Gasteiger partial charge in [-0.3, -0.25) is 0 Å². The van der Waals surface area contributed by atoms with Crippen molar-refractivity contribution in [3.8, 4) is 0 Å². The SMILES string of the molecule is CCC(C)CN(C)C(C)CNC. The minimum atomic E-state index is 0.643. The zero-order valence-corrected chi connectivity index (χ0v) is 9.22. The molecular weight excluding hydrogens is 148 g/mol. The van der Waals surface area contributed by atoms with Crippen LogP contribution in [0, 0.1) is 5.92 Å². The first kappa shape index (κ1) is 11.9. The molecule has 0 spiro atoms. The Labute approximate surface area is 77.3 Å². The molecule has 0 aromatic carbocycles. The third-order valence-corrected chi connectivity index (χ3v) is 2.55. The Morgan fingerprint density at radius 1 is 1.33 bits per heavy atom. The maximum Gasteiger partial charge on any atom is 0.0189 e. The number of rotatable bonds is 6. The third kappa shape index (κ3) is 4.73. The van der Waals surface area contributed by atoms with Gasteiger partial charge in [0.15, 0.2) is 0 Å². The lowest BCUT2D eigenvalue weighted by atomic mass is 10.1. The van der Waals surface area contributed by atoms with E-state index < -0.39 is 0 Å². The summed E-state index contributed by atoms with van der Waals surface area (Å²) in [6, 6.07) is 0.643. The van der Waals surface area contributed by atoms with Crippen LogP contribution in [-0.4, -0.2) is 38.1 Å². The van der Waals surface area contributed by atoms with Gasteiger partial charge < -0.3 is 10.2 Å². The monoisotopic (exact) mass is 172 g/mol. The van der Waals surface area contributed by atoms with Gasteiger partial charge >= 0.3 is 0 Å². The third-order valence-electron chi connectivity index (χ3n) is 2.55. The standard InChI is InChI=1S/C10H24N2/c1-6-9(2)8-12(5)10(3)7-11-4/h9-11H,6-8H2,1-5H3. The first-order chi connectivity index (χ1) is 5.61. The molecule has 12 heavy (non-hydrogen) atoms. The van der Waals surface area contributed by atoms with Gasteiger partial charge in [-0.1, -0.05) is 20.3 Å². The van der Waals surface area contributed by atoms with Gasteiger partial charge in [-0.25, -0.2) is 0 Å². The molecule has 0 fully saturated rings. The maximum atomic E-state index is 3.20. The molecule has 0 radical (unpaired) electrons. The van der Waals surface area contributed by atoms with E-state index in [1.54, 1.807) is 0 Å². The van der Waals surface area contributed by atoms with Crippen molar-refractivity contribution >= 4 is 0 Å². The van der Waals surface area contributed by atoms with Gasteiger partial charge in [0.05, 0.1) is 0 Å². The van der Waals surface area contributed by atoms with E-state index in [1.165, 1.54) is 13.0 Å². The van der Waals surface area contributed by atoms with Gasteiger partial charge in [0.25, 0.3) is 0 Å². The zero-order valence-electron chi connectivity index (χ0n) is 9.22. The predicted octanol–water partition coefficient (Wildman–Crippen LogP) is 1.57.